The maximum atomic E-state index is 10.3. The maximum Gasteiger partial charge on any atom is 0.125 e. The molecule has 1 aromatic carbocycles. The minimum absolute atomic E-state index is 0.698. The van der Waals surface area contributed by atoms with Crippen molar-refractivity contribution < 1.29 is 9.84 Å². The van der Waals surface area contributed by atoms with Crippen LogP contribution in [-0.4, -0.2) is 21.8 Å². The van der Waals surface area contributed by atoms with E-state index >= 15 is 0 Å². The second-order valence-electron chi connectivity index (χ2n) is 3.92. The van der Waals surface area contributed by atoms with Gasteiger partial charge in [-0.25, -0.2) is 0 Å². The number of rotatable bonds is 3. The molecule has 0 saturated heterocycles. The van der Waals surface area contributed by atoms with Crippen molar-refractivity contribution in [2.75, 3.05) is 7.11 Å². The first-order valence-electron chi connectivity index (χ1n) is 5.24. The Hall–Kier alpha value is -1.46. The van der Waals surface area contributed by atoms with Gasteiger partial charge in [0.2, 0.25) is 0 Å². The van der Waals surface area contributed by atoms with Crippen LogP contribution in [0.1, 0.15) is 27.7 Å². The summed E-state index contributed by atoms with van der Waals surface area (Å²) in [5, 5.41) is 14.1. The summed E-state index contributed by atoms with van der Waals surface area (Å²) in [6, 6.07) is 3.94. The van der Waals surface area contributed by atoms with Crippen LogP contribution in [-0.2, 0) is 0 Å². The second kappa shape index (κ2) is 4.81. The van der Waals surface area contributed by atoms with Gasteiger partial charge in [0.05, 0.1) is 18.2 Å². The number of hydrogen-bond acceptors (Lipinski definition) is 5. The van der Waals surface area contributed by atoms with Crippen LogP contribution in [0.4, 0.5) is 0 Å². The van der Waals surface area contributed by atoms with E-state index in [-0.39, 0.29) is 0 Å². The van der Waals surface area contributed by atoms with Gasteiger partial charge in [-0.15, -0.1) is 5.10 Å². The van der Waals surface area contributed by atoms with E-state index in [0.717, 1.165) is 21.6 Å². The summed E-state index contributed by atoms with van der Waals surface area (Å²) in [6.45, 7) is 3.96. The average Bonchev–Trinajstić information content (AvgIpc) is 2.80. The summed E-state index contributed by atoms with van der Waals surface area (Å²) >= 11 is 1.19. The van der Waals surface area contributed by atoms with Crippen LogP contribution in [0, 0.1) is 13.8 Å². The topological polar surface area (TPSA) is 55.2 Å². The summed E-state index contributed by atoms with van der Waals surface area (Å²) in [6.07, 6.45) is 0.846. The largest absolute Gasteiger partial charge is 0.496 e. The first kappa shape index (κ1) is 12.0. The Balaban J connectivity index is 2.51. The van der Waals surface area contributed by atoms with Crippen LogP contribution in [0.25, 0.3) is 0 Å². The monoisotopic (exact) mass is 250 g/mol. The molecule has 0 amide bonds. The summed E-state index contributed by atoms with van der Waals surface area (Å²) in [7, 11) is 1.61. The fraction of sp³-hybridized carbons (Fsp3) is 0.333. The lowest BCUT2D eigenvalue weighted by molar-refractivity contribution is 0.217. The van der Waals surface area contributed by atoms with Crippen LogP contribution in [0.15, 0.2) is 18.3 Å². The normalized spacial score (nSPS) is 12.5. The van der Waals surface area contributed by atoms with Crippen LogP contribution in [0.3, 0.4) is 0 Å². The molecule has 4 nitrogen and oxygen atoms in total. The Kier molecular flexibility index (Phi) is 3.40. The molecule has 0 aliphatic carbocycles. The van der Waals surface area contributed by atoms with E-state index in [2.05, 4.69) is 9.59 Å². The standard InChI is InChI=1S/C12H14N2O2S/c1-7-4-8(2)11(9(5-7)16-3)12(15)10-6-13-14-17-10/h4-6,12,15H,1-3H3. The van der Waals surface area contributed by atoms with Crippen LogP contribution in [0.2, 0.25) is 0 Å². The molecule has 1 aromatic heterocycles. The van der Waals surface area contributed by atoms with Crippen LogP contribution in [0.5, 0.6) is 5.75 Å². The Morgan fingerprint density at radius 3 is 2.71 bits per heavy atom. The molecule has 90 valence electrons. The molecule has 0 aliphatic rings. The zero-order valence-electron chi connectivity index (χ0n) is 9.97. The van der Waals surface area contributed by atoms with Crippen molar-refractivity contribution in [2.45, 2.75) is 20.0 Å². The fourth-order valence-electron chi connectivity index (χ4n) is 1.90. The van der Waals surface area contributed by atoms with E-state index in [1.807, 2.05) is 26.0 Å². The highest BCUT2D eigenvalue weighted by molar-refractivity contribution is 7.05. The number of aliphatic hydroxyl groups is 1. The first-order chi connectivity index (χ1) is 8.13. The fourth-order valence-corrected chi connectivity index (χ4v) is 2.40. The van der Waals surface area contributed by atoms with Crippen LogP contribution < -0.4 is 4.74 Å². The van der Waals surface area contributed by atoms with Gasteiger partial charge in [-0.2, -0.15) is 0 Å². The van der Waals surface area contributed by atoms with E-state index in [9.17, 15) is 5.11 Å². The molecule has 0 fully saturated rings. The quantitative estimate of drug-likeness (QED) is 0.907. The van der Waals surface area contributed by atoms with Crippen LogP contribution >= 0.6 is 11.5 Å². The van der Waals surface area contributed by atoms with E-state index in [0.29, 0.717) is 5.75 Å². The minimum Gasteiger partial charge on any atom is -0.496 e. The lowest BCUT2D eigenvalue weighted by atomic mass is 9.99. The van der Waals surface area contributed by atoms with Crippen molar-refractivity contribution in [3.63, 3.8) is 0 Å². The molecule has 2 aromatic rings. The zero-order valence-corrected chi connectivity index (χ0v) is 10.8. The molecule has 0 aliphatic heterocycles. The summed E-state index contributed by atoms with van der Waals surface area (Å²) in [5.74, 6) is 0.698. The van der Waals surface area contributed by atoms with Gasteiger partial charge in [-0.1, -0.05) is 10.6 Å². The van der Waals surface area contributed by atoms with E-state index in [1.54, 1.807) is 13.3 Å². The number of aromatic nitrogens is 2. The summed E-state index contributed by atoms with van der Waals surface area (Å²) in [4.78, 5) is 0.718. The number of methoxy groups -OCH3 is 1. The third kappa shape index (κ3) is 2.30. The predicted molar refractivity (Wildman–Crippen MR) is 66.4 cm³/mol. The third-order valence-electron chi connectivity index (χ3n) is 2.63. The smallest absolute Gasteiger partial charge is 0.125 e. The van der Waals surface area contributed by atoms with Crippen molar-refractivity contribution in [3.05, 3.63) is 39.9 Å². The molecule has 5 heteroatoms. The SMILES string of the molecule is COc1cc(C)cc(C)c1C(O)c1cnns1. The molecule has 0 saturated carbocycles. The highest BCUT2D eigenvalue weighted by Gasteiger charge is 2.20. The predicted octanol–water partition coefficient (Wildman–Crippen LogP) is 2.25. The minimum atomic E-state index is -0.731. The Labute approximate surface area is 104 Å². The number of aliphatic hydroxyl groups excluding tert-OH is 1. The number of aryl methyl sites for hydroxylation is 2. The van der Waals surface area contributed by atoms with E-state index in [4.69, 9.17) is 4.74 Å². The van der Waals surface area contributed by atoms with Gasteiger partial charge < -0.3 is 9.84 Å². The molecule has 1 N–H and O–H groups in total. The molecule has 1 heterocycles. The number of ether oxygens (including phenoxy) is 1. The van der Waals surface area contributed by atoms with Gasteiger partial charge in [-0.05, 0) is 42.6 Å². The number of benzene rings is 1. The Morgan fingerprint density at radius 2 is 2.12 bits per heavy atom. The number of nitrogens with zero attached hydrogens (tertiary/aromatic N) is 2. The highest BCUT2D eigenvalue weighted by Crippen LogP contribution is 2.34. The van der Waals surface area contributed by atoms with E-state index < -0.39 is 6.10 Å². The third-order valence-corrected chi connectivity index (χ3v) is 3.35. The zero-order chi connectivity index (χ0) is 12.4. The molecule has 0 bridgehead atoms. The molecule has 1 unspecified atom stereocenters. The van der Waals surface area contributed by atoms with Gasteiger partial charge >= 0.3 is 0 Å². The van der Waals surface area contributed by atoms with Gasteiger partial charge in [-0.3, -0.25) is 0 Å². The first-order valence-corrected chi connectivity index (χ1v) is 6.01. The second-order valence-corrected chi connectivity index (χ2v) is 4.74. The summed E-state index contributed by atoms with van der Waals surface area (Å²) < 4.78 is 9.09. The Bertz CT molecular complexity index is 511. The van der Waals surface area contributed by atoms with Gasteiger partial charge in [0.15, 0.2) is 0 Å². The summed E-state index contributed by atoms with van der Waals surface area (Å²) in [5.41, 5.74) is 2.89. The van der Waals surface area contributed by atoms with Gasteiger partial charge in [0.1, 0.15) is 11.9 Å². The Morgan fingerprint density at radius 1 is 1.35 bits per heavy atom. The molecule has 2 rings (SSSR count). The van der Waals surface area contributed by atoms with Crippen molar-refractivity contribution >= 4 is 11.5 Å². The molecule has 0 radical (unpaired) electrons. The van der Waals surface area contributed by atoms with E-state index in [1.165, 1.54) is 11.5 Å². The maximum absolute atomic E-state index is 10.3. The molecular weight excluding hydrogens is 236 g/mol. The van der Waals surface area contributed by atoms with Crippen molar-refractivity contribution in [1.29, 1.82) is 0 Å². The average molecular weight is 250 g/mol. The lowest BCUT2D eigenvalue weighted by Crippen LogP contribution is -2.04. The highest BCUT2D eigenvalue weighted by atomic mass is 32.1. The van der Waals surface area contributed by atoms with Gasteiger partial charge in [0.25, 0.3) is 0 Å². The number of hydrogen-bond donors (Lipinski definition) is 1. The van der Waals surface area contributed by atoms with Crippen molar-refractivity contribution in [1.82, 2.24) is 9.59 Å². The lowest BCUT2D eigenvalue weighted by Gasteiger charge is -2.16. The molecule has 0 spiro atoms. The van der Waals surface area contributed by atoms with Gasteiger partial charge in [0, 0.05) is 5.56 Å². The van der Waals surface area contributed by atoms with Crippen molar-refractivity contribution in [3.8, 4) is 5.75 Å². The molecule has 17 heavy (non-hydrogen) atoms. The molecule has 1 atom stereocenters. The van der Waals surface area contributed by atoms with Crippen molar-refractivity contribution in [2.24, 2.45) is 0 Å². The molecular formula is C12H14N2O2S.